The number of hydrogen-bond donors (Lipinski definition) is 1. The second kappa shape index (κ2) is 7.32. The molecule has 0 rings (SSSR count). The number of nitrogens with one attached hydrogen (secondary N) is 1. The SMILES string of the molecule is CNCCC=C(C)COC(C)C. The van der Waals surface area contributed by atoms with Crippen LogP contribution in [0.4, 0.5) is 0 Å². The molecule has 0 bridgehead atoms. The van der Waals surface area contributed by atoms with E-state index in [-0.39, 0.29) is 0 Å². The molecule has 0 aliphatic rings. The van der Waals surface area contributed by atoms with Gasteiger partial charge in [-0.25, -0.2) is 0 Å². The molecular weight excluding hydrogens is 150 g/mol. The molecule has 0 radical (unpaired) electrons. The molecule has 0 unspecified atom stereocenters. The quantitative estimate of drug-likeness (QED) is 0.487. The third kappa shape index (κ3) is 7.76. The van der Waals surface area contributed by atoms with Crippen molar-refractivity contribution >= 4 is 0 Å². The normalized spacial score (nSPS) is 12.6. The summed E-state index contributed by atoms with van der Waals surface area (Å²) in [6, 6.07) is 0. The van der Waals surface area contributed by atoms with Crippen molar-refractivity contribution in [2.45, 2.75) is 33.3 Å². The van der Waals surface area contributed by atoms with Crippen molar-refractivity contribution in [2.75, 3.05) is 20.2 Å². The predicted molar refractivity (Wildman–Crippen MR) is 53.4 cm³/mol. The van der Waals surface area contributed by atoms with Crippen LogP contribution in [0.3, 0.4) is 0 Å². The van der Waals surface area contributed by atoms with Crippen molar-refractivity contribution in [3.8, 4) is 0 Å². The van der Waals surface area contributed by atoms with Crippen LogP contribution in [0.15, 0.2) is 11.6 Å². The van der Waals surface area contributed by atoms with Gasteiger partial charge < -0.3 is 10.1 Å². The molecular formula is C10H21NO. The molecule has 0 aromatic carbocycles. The van der Waals surface area contributed by atoms with Crippen molar-refractivity contribution in [3.05, 3.63) is 11.6 Å². The van der Waals surface area contributed by atoms with E-state index in [1.165, 1.54) is 5.57 Å². The zero-order chi connectivity index (χ0) is 9.40. The molecule has 2 nitrogen and oxygen atoms in total. The van der Waals surface area contributed by atoms with E-state index >= 15 is 0 Å². The highest BCUT2D eigenvalue weighted by Gasteiger charge is 1.93. The Kier molecular flexibility index (Phi) is 7.11. The third-order valence-corrected chi connectivity index (χ3v) is 1.53. The lowest BCUT2D eigenvalue weighted by molar-refractivity contribution is 0.0972. The Hall–Kier alpha value is -0.340. The molecule has 0 aromatic heterocycles. The van der Waals surface area contributed by atoms with Crippen LogP contribution in [-0.4, -0.2) is 26.3 Å². The van der Waals surface area contributed by atoms with Crippen LogP contribution in [0, 0.1) is 0 Å². The summed E-state index contributed by atoms with van der Waals surface area (Å²) in [7, 11) is 1.97. The van der Waals surface area contributed by atoms with Crippen molar-refractivity contribution in [3.63, 3.8) is 0 Å². The molecule has 1 N–H and O–H groups in total. The van der Waals surface area contributed by atoms with Crippen molar-refractivity contribution in [1.29, 1.82) is 0 Å². The molecule has 0 amide bonds. The Morgan fingerprint density at radius 2 is 2.17 bits per heavy atom. The summed E-state index contributed by atoms with van der Waals surface area (Å²) in [5, 5.41) is 3.10. The number of ether oxygens (including phenoxy) is 1. The lowest BCUT2D eigenvalue weighted by Crippen LogP contribution is -2.07. The first-order chi connectivity index (χ1) is 5.66. The first-order valence-electron chi connectivity index (χ1n) is 4.58. The summed E-state index contributed by atoms with van der Waals surface area (Å²) in [5.41, 5.74) is 1.32. The Morgan fingerprint density at radius 3 is 2.67 bits per heavy atom. The largest absolute Gasteiger partial charge is 0.374 e. The van der Waals surface area contributed by atoms with Gasteiger partial charge in [0.05, 0.1) is 12.7 Å². The first-order valence-corrected chi connectivity index (χ1v) is 4.58. The van der Waals surface area contributed by atoms with Gasteiger partial charge in [-0.1, -0.05) is 11.6 Å². The maximum absolute atomic E-state index is 5.45. The van der Waals surface area contributed by atoms with Gasteiger partial charge in [0.1, 0.15) is 0 Å². The smallest absolute Gasteiger partial charge is 0.0677 e. The molecule has 0 atom stereocenters. The molecule has 2 heteroatoms. The summed E-state index contributed by atoms with van der Waals surface area (Å²) < 4.78 is 5.45. The molecule has 0 heterocycles. The van der Waals surface area contributed by atoms with Crippen LogP contribution in [0.1, 0.15) is 27.2 Å². The van der Waals surface area contributed by atoms with Gasteiger partial charge in [-0.3, -0.25) is 0 Å². The van der Waals surface area contributed by atoms with Gasteiger partial charge in [-0.15, -0.1) is 0 Å². The van der Waals surface area contributed by atoms with E-state index in [9.17, 15) is 0 Å². The lowest BCUT2D eigenvalue weighted by atomic mass is 10.2. The summed E-state index contributed by atoms with van der Waals surface area (Å²) in [6.45, 7) is 8.03. The molecule has 0 aliphatic carbocycles. The third-order valence-electron chi connectivity index (χ3n) is 1.53. The lowest BCUT2D eigenvalue weighted by Gasteiger charge is -2.07. The van der Waals surface area contributed by atoms with E-state index in [1.807, 2.05) is 7.05 Å². The minimum absolute atomic E-state index is 0.331. The van der Waals surface area contributed by atoms with Crippen LogP contribution in [-0.2, 0) is 4.74 Å². The number of hydrogen-bond acceptors (Lipinski definition) is 2. The maximum Gasteiger partial charge on any atom is 0.0677 e. The standard InChI is InChI=1S/C10H21NO/c1-9(2)12-8-10(3)6-5-7-11-4/h6,9,11H,5,7-8H2,1-4H3. The average molecular weight is 171 g/mol. The van der Waals surface area contributed by atoms with Gasteiger partial charge in [0.25, 0.3) is 0 Å². The molecule has 0 aromatic rings. The van der Waals surface area contributed by atoms with Crippen LogP contribution in [0.2, 0.25) is 0 Å². The number of rotatable bonds is 6. The molecule has 0 fully saturated rings. The Morgan fingerprint density at radius 1 is 1.50 bits per heavy atom. The van der Waals surface area contributed by atoms with E-state index in [0.29, 0.717) is 6.10 Å². The summed E-state index contributed by atoms with van der Waals surface area (Å²) >= 11 is 0. The summed E-state index contributed by atoms with van der Waals surface area (Å²) in [6.07, 6.45) is 3.64. The molecule has 12 heavy (non-hydrogen) atoms. The highest BCUT2D eigenvalue weighted by Crippen LogP contribution is 1.98. The van der Waals surface area contributed by atoms with E-state index in [1.54, 1.807) is 0 Å². The fraction of sp³-hybridized carbons (Fsp3) is 0.800. The van der Waals surface area contributed by atoms with Gasteiger partial charge >= 0.3 is 0 Å². The second-order valence-electron chi connectivity index (χ2n) is 3.30. The van der Waals surface area contributed by atoms with Crippen LogP contribution in [0.25, 0.3) is 0 Å². The Bertz CT molecular complexity index is 130. The van der Waals surface area contributed by atoms with Gasteiger partial charge in [-0.2, -0.15) is 0 Å². The highest BCUT2D eigenvalue weighted by atomic mass is 16.5. The first kappa shape index (κ1) is 11.7. The van der Waals surface area contributed by atoms with E-state index in [2.05, 4.69) is 32.2 Å². The van der Waals surface area contributed by atoms with Crippen LogP contribution < -0.4 is 5.32 Å². The summed E-state index contributed by atoms with van der Waals surface area (Å²) in [4.78, 5) is 0. The van der Waals surface area contributed by atoms with E-state index < -0.39 is 0 Å². The van der Waals surface area contributed by atoms with Crippen molar-refractivity contribution in [2.24, 2.45) is 0 Å². The zero-order valence-electron chi connectivity index (χ0n) is 8.68. The summed E-state index contributed by atoms with van der Waals surface area (Å²) in [5.74, 6) is 0. The molecule has 0 spiro atoms. The minimum atomic E-state index is 0.331. The minimum Gasteiger partial charge on any atom is -0.374 e. The van der Waals surface area contributed by atoms with Crippen LogP contribution >= 0.6 is 0 Å². The van der Waals surface area contributed by atoms with Crippen molar-refractivity contribution < 1.29 is 4.74 Å². The molecule has 0 saturated carbocycles. The zero-order valence-corrected chi connectivity index (χ0v) is 8.68. The predicted octanol–water partition coefficient (Wildman–Crippen LogP) is 1.97. The van der Waals surface area contributed by atoms with Gasteiger partial charge in [0.15, 0.2) is 0 Å². The molecule has 72 valence electrons. The highest BCUT2D eigenvalue weighted by molar-refractivity contribution is 4.98. The van der Waals surface area contributed by atoms with E-state index in [4.69, 9.17) is 4.74 Å². The van der Waals surface area contributed by atoms with Gasteiger partial charge in [0, 0.05) is 0 Å². The molecule has 0 saturated heterocycles. The molecule has 0 aliphatic heterocycles. The monoisotopic (exact) mass is 171 g/mol. The van der Waals surface area contributed by atoms with Crippen LogP contribution in [0.5, 0.6) is 0 Å². The van der Waals surface area contributed by atoms with E-state index in [0.717, 1.165) is 19.6 Å². The maximum atomic E-state index is 5.45. The topological polar surface area (TPSA) is 21.3 Å². The van der Waals surface area contributed by atoms with Crippen molar-refractivity contribution in [1.82, 2.24) is 5.32 Å². The van der Waals surface area contributed by atoms with Gasteiger partial charge in [-0.05, 0) is 40.8 Å². The van der Waals surface area contributed by atoms with Gasteiger partial charge in [0.2, 0.25) is 0 Å². The Labute approximate surface area is 76.0 Å². The average Bonchev–Trinajstić information content (AvgIpc) is 2.01. The fourth-order valence-electron chi connectivity index (χ4n) is 0.820. The Balaban J connectivity index is 3.42. The fourth-order valence-corrected chi connectivity index (χ4v) is 0.820. The second-order valence-corrected chi connectivity index (χ2v) is 3.30.